The zero-order chi connectivity index (χ0) is 15.5. The molecule has 2 aromatic heterocycles. The fourth-order valence-corrected chi connectivity index (χ4v) is 3.01. The van der Waals surface area contributed by atoms with E-state index in [0.29, 0.717) is 12.8 Å². The Morgan fingerprint density at radius 2 is 2.14 bits per heavy atom. The van der Waals surface area contributed by atoms with Gasteiger partial charge in [-0.15, -0.1) is 0 Å². The summed E-state index contributed by atoms with van der Waals surface area (Å²) < 4.78 is 5.61. The van der Waals surface area contributed by atoms with E-state index in [9.17, 15) is 4.79 Å². The smallest absolute Gasteiger partial charge is 0.306 e. The molecule has 0 saturated carbocycles. The highest BCUT2D eigenvalue weighted by Gasteiger charge is 2.31. The van der Waals surface area contributed by atoms with Crippen LogP contribution in [0.2, 0.25) is 0 Å². The summed E-state index contributed by atoms with van der Waals surface area (Å²) in [5.41, 5.74) is 2.06. The van der Waals surface area contributed by atoms with Crippen molar-refractivity contribution in [1.29, 1.82) is 0 Å². The van der Waals surface area contributed by atoms with Gasteiger partial charge in [0.05, 0.1) is 17.9 Å². The molecular weight excluding hydrogens is 280 g/mol. The van der Waals surface area contributed by atoms with Gasteiger partial charge >= 0.3 is 5.97 Å². The van der Waals surface area contributed by atoms with Gasteiger partial charge in [-0.2, -0.15) is 0 Å². The number of hydrogen-bond donors (Lipinski definition) is 1. The minimum Gasteiger partial charge on any atom is -0.481 e. The standard InChI is InChI=1S/C17H20N2O3/c1-12-4-5-14(18-11-12)16(15-3-2-10-22-15)19-8-6-13(7-9-19)17(20)21/h2-5,10-11,13,16H,6-9H2,1H3,(H,20,21). The van der Waals surface area contributed by atoms with Crippen molar-refractivity contribution < 1.29 is 14.3 Å². The lowest BCUT2D eigenvalue weighted by atomic mass is 9.94. The molecule has 1 fully saturated rings. The summed E-state index contributed by atoms with van der Waals surface area (Å²) in [6.07, 6.45) is 4.85. The lowest BCUT2D eigenvalue weighted by Crippen LogP contribution is -2.39. The van der Waals surface area contributed by atoms with E-state index in [1.807, 2.05) is 37.4 Å². The highest BCUT2D eigenvalue weighted by Crippen LogP contribution is 2.31. The second kappa shape index (κ2) is 6.32. The Bertz CT molecular complexity index is 614. The SMILES string of the molecule is Cc1ccc(C(c2ccco2)N2CCC(C(=O)O)CC2)nc1. The minimum atomic E-state index is -0.692. The topological polar surface area (TPSA) is 66.6 Å². The molecule has 116 valence electrons. The van der Waals surface area contributed by atoms with E-state index in [1.54, 1.807) is 6.26 Å². The molecule has 0 aromatic carbocycles. The predicted octanol–water partition coefficient (Wildman–Crippen LogP) is 2.87. The quantitative estimate of drug-likeness (QED) is 0.940. The highest BCUT2D eigenvalue weighted by atomic mass is 16.4. The van der Waals surface area contributed by atoms with Crippen LogP contribution in [0.3, 0.4) is 0 Å². The number of carbonyl (C=O) groups is 1. The second-order valence-electron chi connectivity index (χ2n) is 5.83. The Morgan fingerprint density at radius 3 is 2.68 bits per heavy atom. The van der Waals surface area contributed by atoms with E-state index >= 15 is 0 Å². The van der Waals surface area contributed by atoms with Crippen LogP contribution in [0, 0.1) is 12.8 Å². The third-order valence-corrected chi connectivity index (χ3v) is 4.27. The van der Waals surface area contributed by atoms with Crippen molar-refractivity contribution in [3.05, 3.63) is 53.7 Å². The lowest BCUT2D eigenvalue weighted by Gasteiger charge is -2.35. The van der Waals surface area contributed by atoms with Crippen LogP contribution in [-0.4, -0.2) is 34.0 Å². The molecule has 2 aromatic rings. The molecule has 3 rings (SSSR count). The summed E-state index contributed by atoms with van der Waals surface area (Å²) in [5, 5.41) is 9.15. The van der Waals surface area contributed by atoms with Gasteiger partial charge in [0.25, 0.3) is 0 Å². The van der Waals surface area contributed by atoms with Crippen molar-refractivity contribution in [2.45, 2.75) is 25.8 Å². The number of carboxylic acid groups (broad SMARTS) is 1. The maximum atomic E-state index is 11.1. The van der Waals surface area contributed by atoms with Crippen LogP contribution in [0.1, 0.15) is 35.9 Å². The number of aromatic nitrogens is 1. The van der Waals surface area contributed by atoms with E-state index in [2.05, 4.69) is 9.88 Å². The zero-order valence-corrected chi connectivity index (χ0v) is 12.6. The average Bonchev–Trinajstić information content (AvgIpc) is 3.04. The number of likely N-dealkylation sites (tertiary alicyclic amines) is 1. The van der Waals surface area contributed by atoms with Crippen molar-refractivity contribution >= 4 is 5.97 Å². The molecule has 1 aliphatic rings. The maximum Gasteiger partial charge on any atom is 0.306 e. The first kappa shape index (κ1) is 14.8. The van der Waals surface area contributed by atoms with E-state index in [1.165, 1.54) is 0 Å². The zero-order valence-electron chi connectivity index (χ0n) is 12.6. The van der Waals surface area contributed by atoms with Crippen LogP contribution in [0.25, 0.3) is 0 Å². The lowest BCUT2D eigenvalue weighted by molar-refractivity contribution is -0.143. The Kier molecular flexibility index (Phi) is 4.24. The van der Waals surface area contributed by atoms with Crippen molar-refractivity contribution in [1.82, 2.24) is 9.88 Å². The van der Waals surface area contributed by atoms with E-state index in [-0.39, 0.29) is 12.0 Å². The number of hydrogen-bond acceptors (Lipinski definition) is 4. The Morgan fingerprint density at radius 1 is 1.36 bits per heavy atom. The molecule has 5 nitrogen and oxygen atoms in total. The average molecular weight is 300 g/mol. The molecule has 0 amide bonds. The number of aliphatic carboxylic acids is 1. The Labute approximate surface area is 129 Å². The minimum absolute atomic E-state index is 0.0506. The van der Waals surface area contributed by atoms with Crippen molar-refractivity contribution in [3.63, 3.8) is 0 Å². The number of pyridine rings is 1. The molecule has 0 spiro atoms. The number of furan rings is 1. The maximum absolute atomic E-state index is 11.1. The molecular formula is C17H20N2O3. The van der Waals surface area contributed by atoms with Crippen LogP contribution in [0.4, 0.5) is 0 Å². The molecule has 1 unspecified atom stereocenters. The molecule has 5 heteroatoms. The van der Waals surface area contributed by atoms with Crippen molar-refractivity contribution in [2.75, 3.05) is 13.1 Å². The van der Waals surface area contributed by atoms with Crippen molar-refractivity contribution in [3.8, 4) is 0 Å². The second-order valence-corrected chi connectivity index (χ2v) is 5.83. The number of piperidine rings is 1. The summed E-state index contributed by atoms with van der Waals surface area (Å²) in [7, 11) is 0. The number of carboxylic acids is 1. The highest BCUT2D eigenvalue weighted by molar-refractivity contribution is 5.70. The van der Waals surface area contributed by atoms with Gasteiger partial charge < -0.3 is 9.52 Å². The summed E-state index contributed by atoms with van der Waals surface area (Å²) in [6.45, 7) is 3.48. The van der Waals surface area contributed by atoms with Crippen molar-refractivity contribution in [2.24, 2.45) is 5.92 Å². The fourth-order valence-electron chi connectivity index (χ4n) is 3.01. The first-order chi connectivity index (χ1) is 10.6. The van der Waals surface area contributed by atoms with Gasteiger partial charge in [-0.25, -0.2) is 0 Å². The summed E-state index contributed by atoms with van der Waals surface area (Å²) in [6, 6.07) is 7.84. The third kappa shape index (κ3) is 3.04. The molecule has 0 radical (unpaired) electrons. The van der Waals surface area contributed by atoms with Gasteiger partial charge in [-0.3, -0.25) is 14.7 Å². The molecule has 22 heavy (non-hydrogen) atoms. The van der Waals surface area contributed by atoms with Gasteiger partial charge in [0.15, 0.2) is 0 Å². The summed E-state index contributed by atoms with van der Waals surface area (Å²) in [5.74, 6) is -0.0766. The van der Waals surface area contributed by atoms with Crippen LogP contribution < -0.4 is 0 Å². The van der Waals surface area contributed by atoms with Crippen LogP contribution in [0.15, 0.2) is 41.1 Å². The fraction of sp³-hybridized carbons (Fsp3) is 0.412. The normalized spacial score (nSPS) is 18.2. The predicted molar refractivity (Wildman–Crippen MR) is 81.5 cm³/mol. The van der Waals surface area contributed by atoms with Crippen LogP contribution in [0.5, 0.6) is 0 Å². The first-order valence-electron chi connectivity index (χ1n) is 7.58. The summed E-state index contributed by atoms with van der Waals surface area (Å²) >= 11 is 0. The first-order valence-corrected chi connectivity index (χ1v) is 7.58. The molecule has 3 heterocycles. The molecule has 0 aliphatic carbocycles. The Hall–Kier alpha value is -2.14. The van der Waals surface area contributed by atoms with Gasteiger partial charge in [0, 0.05) is 19.3 Å². The molecule has 1 aliphatic heterocycles. The number of nitrogens with zero attached hydrogens (tertiary/aromatic N) is 2. The van der Waals surface area contributed by atoms with E-state index in [4.69, 9.17) is 9.52 Å². The number of aryl methyl sites for hydroxylation is 1. The van der Waals surface area contributed by atoms with Gasteiger partial charge in [-0.05, 0) is 43.5 Å². The largest absolute Gasteiger partial charge is 0.481 e. The summed E-state index contributed by atoms with van der Waals surface area (Å²) in [4.78, 5) is 17.9. The van der Waals surface area contributed by atoms with Gasteiger partial charge in [-0.1, -0.05) is 6.07 Å². The molecule has 0 bridgehead atoms. The number of rotatable bonds is 4. The van der Waals surface area contributed by atoms with Gasteiger partial charge in [0.1, 0.15) is 11.8 Å². The monoisotopic (exact) mass is 300 g/mol. The van der Waals surface area contributed by atoms with Gasteiger partial charge in [0.2, 0.25) is 0 Å². The van der Waals surface area contributed by atoms with Crippen LogP contribution >= 0.6 is 0 Å². The third-order valence-electron chi connectivity index (χ3n) is 4.27. The molecule has 1 N–H and O–H groups in total. The van der Waals surface area contributed by atoms with E-state index < -0.39 is 5.97 Å². The Balaban J connectivity index is 1.84. The molecule has 1 atom stereocenters. The van der Waals surface area contributed by atoms with Crippen LogP contribution in [-0.2, 0) is 4.79 Å². The van der Waals surface area contributed by atoms with E-state index in [0.717, 1.165) is 30.1 Å². The molecule has 1 saturated heterocycles.